The predicted octanol–water partition coefficient (Wildman–Crippen LogP) is 4.73. The van der Waals surface area contributed by atoms with Gasteiger partial charge in [-0.25, -0.2) is 0 Å². The van der Waals surface area contributed by atoms with Crippen molar-refractivity contribution >= 4 is 52.9 Å². The molecule has 1 unspecified atom stereocenters. The Balaban J connectivity index is 0.00000338. The maximum Gasteiger partial charge on any atom is 0.391 e. The molecule has 1 aromatic rings. The summed E-state index contributed by atoms with van der Waals surface area (Å²) >= 11 is 7.15. The molecule has 0 spiro atoms. The third-order valence-electron chi connectivity index (χ3n) is 4.22. The number of aliphatic hydroxyl groups is 1. The van der Waals surface area contributed by atoms with Crippen LogP contribution in [0.3, 0.4) is 0 Å². The minimum Gasteiger partial charge on any atom is -0.386 e. The Bertz CT molecular complexity index is 577. The van der Waals surface area contributed by atoms with Gasteiger partial charge in [-0.2, -0.15) is 13.2 Å². The van der Waals surface area contributed by atoms with Crippen LogP contribution in [0.1, 0.15) is 43.6 Å². The zero-order valence-corrected chi connectivity index (χ0v) is 18.3. The highest BCUT2D eigenvalue weighted by atomic mass is 127. The van der Waals surface area contributed by atoms with E-state index in [0.29, 0.717) is 29.7 Å². The number of hydrogen-bond donors (Lipinski definition) is 3. The van der Waals surface area contributed by atoms with Gasteiger partial charge in [-0.05, 0) is 44.7 Å². The Hall–Kier alpha value is -0.260. The lowest BCUT2D eigenvalue weighted by Gasteiger charge is -2.31. The SMILES string of the molecule is CCNC(=NCC(O)c1ccc(Cl)s1)NC1CCC(C(F)(F)F)CC1.I. The zero-order valence-electron chi connectivity index (χ0n) is 14.4. The molecule has 1 aliphatic rings. The first-order chi connectivity index (χ1) is 11.8. The summed E-state index contributed by atoms with van der Waals surface area (Å²) in [5, 5.41) is 16.4. The van der Waals surface area contributed by atoms with Crippen LogP contribution >= 0.6 is 46.9 Å². The highest BCUT2D eigenvalue weighted by molar-refractivity contribution is 14.0. The molecule has 1 saturated carbocycles. The minimum atomic E-state index is -4.10. The number of alkyl halides is 3. The van der Waals surface area contributed by atoms with Crippen LogP contribution < -0.4 is 10.6 Å². The quantitative estimate of drug-likeness (QED) is 0.296. The molecule has 150 valence electrons. The number of aliphatic hydroxyl groups excluding tert-OH is 1. The van der Waals surface area contributed by atoms with Crippen LogP contribution in [0.15, 0.2) is 17.1 Å². The Morgan fingerprint density at radius 3 is 2.50 bits per heavy atom. The smallest absolute Gasteiger partial charge is 0.386 e. The maximum absolute atomic E-state index is 12.7. The minimum absolute atomic E-state index is 0. The fourth-order valence-electron chi connectivity index (χ4n) is 2.85. The van der Waals surface area contributed by atoms with Gasteiger partial charge in [0.25, 0.3) is 0 Å². The lowest BCUT2D eigenvalue weighted by molar-refractivity contribution is -0.182. The molecule has 0 amide bonds. The van der Waals surface area contributed by atoms with Gasteiger partial charge < -0.3 is 15.7 Å². The molecule has 3 N–H and O–H groups in total. The highest BCUT2D eigenvalue weighted by Gasteiger charge is 2.41. The van der Waals surface area contributed by atoms with Gasteiger partial charge in [0.2, 0.25) is 0 Å². The normalized spacial score (nSPS) is 22.5. The standard InChI is InChI=1S/C16H23ClF3N3OS.HI/c1-2-21-15(22-9-12(24)13-7-8-14(17)25-13)23-11-5-3-10(4-6-11)16(18,19)20;/h7-8,10-12,24H,2-6,9H2,1H3,(H2,21,22,23);1H. The number of aliphatic imine (C=N–C) groups is 1. The van der Waals surface area contributed by atoms with Crippen LogP contribution in [0.5, 0.6) is 0 Å². The summed E-state index contributed by atoms with van der Waals surface area (Å²) in [5.41, 5.74) is 0. The topological polar surface area (TPSA) is 56.7 Å². The van der Waals surface area contributed by atoms with Crippen molar-refractivity contribution in [3.63, 3.8) is 0 Å². The van der Waals surface area contributed by atoms with Gasteiger partial charge in [-0.1, -0.05) is 11.6 Å². The Morgan fingerprint density at radius 2 is 2.00 bits per heavy atom. The maximum atomic E-state index is 12.7. The van der Waals surface area contributed by atoms with E-state index in [4.69, 9.17) is 11.6 Å². The number of guanidine groups is 1. The van der Waals surface area contributed by atoms with Gasteiger partial charge in [-0.15, -0.1) is 35.3 Å². The average molecular weight is 526 g/mol. The molecule has 26 heavy (non-hydrogen) atoms. The molecule has 0 bridgehead atoms. The van der Waals surface area contributed by atoms with E-state index in [1.54, 1.807) is 12.1 Å². The van der Waals surface area contributed by atoms with Crippen LogP contribution in [0, 0.1) is 5.92 Å². The molecule has 1 fully saturated rings. The van der Waals surface area contributed by atoms with E-state index in [-0.39, 0.29) is 49.4 Å². The van der Waals surface area contributed by atoms with Gasteiger partial charge in [0, 0.05) is 17.5 Å². The molecule has 2 rings (SSSR count). The molecule has 4 nitrogen and oxygen atoms in total. The number of halogens is 5. The number of nitrogens with zero attached hydrogens (tertiary/aromatic N) is 1. The van der Waals surface area contributed by atoms with E-state index >= 15 is 0 Å². The fraction of sp³-hybridized carbons (Fsp3) is 0.688. The van der Waals surface area contributed by atoms with Crippen molar-refractivity contribution in [2.75, 3.05) is 13.1 Å². The number of thiophene rings is 1. The molecule has 10 heteroatoms. The van der Waals surface area contributed by atoms with Crippen molar-refractivity contribution in [2.24, 2.45) is 10.9 Å². The summed E-state index contributed by atoms with van der Waals surface area (Å²) in [5.74, 6) is -0.685. The van der Waals surface area contributed by atoms with Crippen molar-refractivity contribution in [2.45, 2.75) is 50.9 Å². The van der Waals surface area contributed by atoms with E-state index in [1.165, 1.54) is 11.3 Å². The van der Waals surface area contributed by atoms with Crippen molar-refractivity contribution in [3.8, 4) is 0 Å². The average Bonchev–Trinajstić information content (AvgIpc) is 2.99. The molecule has 0 aromatic carbocycles. The van der Waals surface area contributed by atoms with E-state index in [0.717, 1.165) is 4.88 Å². The molecule has 0 aliphatic heterocycles. The van der Waals surface area contributed by atoms with Gasteiger partial charge in [0.15, 0.2) is 5.96 Å². The molecular weight excluding hydrogens is 502 g/mol. The van der Waals surface area contributed by atoms with Gasteiger partial charge in [0.05, 0.1) is 16.8 Å². The van der Waals surface area contributed by atoms with Gasteiger partial charge >= 0.3 is 6.18 Å². The Kier molecular flexibility index (Phi) is 9.98. The predicted molar refractivity (Wildman–Crippen MR) is 111 cm³/mol. The molecule has 0 radical (unpaired) electrons. The van der Waals surface area contributed by atoms with E-state index < -0.39 is 18.2 Å². The first kappa shape index (κ1) is 23.8. The summed E-state index contributed by atoms with van der Waals surface area (Å²) in [6.45, 7) is 2.70. The largest absolute Gasteiger partial charge is 0.391 e. The second-order valence-electron chi connectivity index (χ2n) is 6.11. The Morgan fingerprint density at radius 1 is 1.35 bits per heavy atom. The van der Waals surface area contributed by atoms with Crippen LogP contribution in [-0.2, 0) is 0 Å². The van der Waals surface area contributed by atoms with Crippen LogP contribution in [0.4, 0.5) is 13.2 Å². The van der Waals surface area contributed by atoms with Crippen molar-refractivity contribution < 1.29 is 18.3 Å². The number of nitrogens with one attached hydrogen (secondary N) is 2. The highest BCUT2D eigenvalue weighted by Crippen LogP contribution is 2.37. The summed E-state index contributed by atoms with van der Waals surface area (Å²) in [6.07, 6.45) is -3.67. The van der Waals surface area contributed by atoms with E-state index in [1.807, 2.05) is 6.92 Å². The van der Waals surface area contributed by atoms with Crippen LogP contribution in [-0.4, -0.2) is 36.4 Å². The van der Waals surface area contributed by atoms with Crippen LogP contribution in [0.25, 0.3) is 0 Å². The summed E-state index contributed by atoms with van der Waals surface area (Å²) in [4.78, 5) is 5.08. The molecule has 0 saturated heterocycles. The monoisotopic (exact) mass is 525 g/mol. The lowest BCUT2D eigenvalue weighted by atomic mass is 9.85. The fourth-order valence-corrected chi connectivity index (χ4v) is 3.89. The third-order valence-corrected chi connectivity index (χ3v) is 5.55. The summed E-state index contributed by atoms with van der Waals surface area (Å²) in [6, 6.07) is 3.44. The Labute approximate surface area is 177 Å². The zero-order chi connectivity index (χ0) is 18.4. The summed E-state index contributed by atoms with van der Waals surface area (Å²) < 4.78 is 38.8. The molecule has 1 aliphatic carbocycles. The first-order valence-corrected chi connectivity index (χ1v) is 9.54. The third kappa shape index (κ3) is 7.40. The molecule has 1 heterocycles. The first-order valence-electron chi connectivity index (χ1n) is 8.34. The molecule has 1 atom stereocenters. The second-order valence-corrected chi connectivity index (χ2v) is 7.86. The summed E-state index contributed by atoms with van der Waals surface area (Å²) in [7, 11) is 0. The van der Waals surface area contributed by atoms with Crippen molar-refractivity contribution in [3.05, 3.63) is 21.3 Å². The van der Waals surface area contributed by atoms with Gasteiger partial charge in [-0.3, -0.25) is 4.99 Å². The second kappa shape index (κ2) is 10.9. The number of hydrogen-bond acceptors (Lipinski definition) is 3. The van der Waals surface area contributed by atoms with Crippen molar-refractivity contribution in [1.29, 1.82) is 0 Å². The van der Waals surface area contributed by atoms with Crippen molar-refractivity contribution in [1.82, 2.24) is 10.6 Å². The molecule has 1 aromatic heterocycles. The lowest BCUT2D eigenvalue weighted by Crippen LogP contribution is -2.46. The molecular formula is C16H24ClF3IN3OS. The number of rotatable bonds is 5. The van der Waals surface area contributed by atoms with E-state index in [2.05, 4.69) is 15.6 Å². The van der Waals surface area contributed by atoms with Crippen LogP contribution in [0.2, 0.25) is 4.34 Å². The van der Waals surface area contributed by atoms with Gasteiger partial charge in [0.1, 0.15) is 6.10 Å². The van der Waals surface area contributed by atoms with E-state index in [9.17, 15) is 18.3 Å².